The number of hydrogen-bond donors (Lipinski definition) is 0. The maximum absolute atomic E-state index is 12.0. The number of aryl methyl sites for hydroxylation is 2. The molecule has 24 heavy (non-hydrogen) atoms. The van der Waals surface area contributed by atoms with Gasteiger partial charge in [-0.2, -0.15) is 0 Å². The Labute approximate surface area is 139 Å². The highest BCUT2D eigenvalue weighted by Gasteiger charge is 2.11. The molecular weight excluding hydrogens is 308 g/mol. The molecule has 3 rings (SSSR count). The predicted molar refractivity (Wildman–Crippen MR) is 85.8 cm³/mol. The SMILES string of the molecule is Cc1nc(COC(=O)c2ccc(Oc3cccnc3)cc2)oc1C. The Morgan fingerprint density at radius 1 is 1.12 bits per heavy atom. The second kappa shape index (κ2) is 6.95. The lowest BCUT2D eigenvalue weighted by Crippen LogP contribution is -2.05. The Morgan fingerprint density at radius 2 is 1.92 bits per heavy atom. The van der Waals surface area contributed by atoms with Crippen LogP contribution in [0.1, 0.15) is 27.7 Å². The van der Waals surface area contributed by atoms with Crippen molar-refractivity contribution in [1.82, 2.24) is 9.97 Å². The highest BCUT2D eigenvalue weighted by molar-refractivity contribution is 5.89. The lowest BCUT2D eigenvalue weighted by Gasteiger charge is -2.06. The van der Waals surface area contributed by atoms with Crippen LogP contribution in [0.5, 0.6) is 11.5 Å². The number of hydrogen-bond acceptors (Lipinski definition) is 6. The summed E-state index contributed by atoms with van der Waals surface area (Å²) in [4.78, 5) is 20.2. The molecule has 0 atom stereocenters. The summed E-state index contributed by atoms with van der Waals surface area (Å²) in [5.74, 6) is 1.89. The van der Waals surface area contributed by atoms with Crippen LogP contribution in [0.4, 0.5) is 0 Å². The number of nitrogens with zero attached hydrogens (tertiary/aromatic N) is 2. The lowest BCUT2D eigenvalue weighted by atomic mass is 10.2. The standard InChI is InChI=1S/C18H16N2O4/c1-12-13(2)23-17(20-12)11-22-18(21)14-5-7-15(8-6-14)24-16-4-3-9-19-10-16/h3-10H,11H2,1-2H3. The van der Waals surface area contributed by atoms with Crippen LogP contribution in [0.25, 0.3) is 0 Å². The molecule has 3 aromatic rings. The van der Waals surface area contributed by atoms with E-state index in [1.807, 2.05) is 13.8 Å². The van der Waals surface area contributed by atoms with Crippen LogP contribution in [-0.4, -0.2) is 15.9 Å². The van der Waals surface area contributed by atoms with E-state index in [0.29, 0.717) is 23.0 Å². The second-order valence-corrected chi connectivity index (χ2v) is 5.14. The topological polar surface area (TPSA) is 74.5 Å². The summed E-state index contributed by atoms with van der Waals surface area (Å²) in [6, 6.07) is 10.3. The first-order valence-corrected chi connectivity index (χ1v) is 7.40. The molecule has 0 radical (unpaired) electrons. The van der Waals surface area contributed by atoms with Crippen LogP contribution in [0.2, 0.25) is 0 Å². The van der Waals surface area contributed by atoms with Crippen LogP contribution < -0.4 is 4.74 Å². The molecule has 122 valence electrons. The number of aromatic nitrogens is 2. The normalized spacial score (nSPS) is 10.4. The van der Waals surface area contributed by atoms with E-state index in [2.05, 4.69) is 9.97 Å². The fraction of sp³-hybridized carbons (Fsp3) is 0.167. The van der Waals surface area contributed by atoms with Gasteiger partial charge in [-0.25, -0.2) is 9.78 Å². The van der Waals surface area contributed by atoms with Crippen molar-refractivity contribution in [3.05, 3.63) is 71.7 Å². The molecule has 0 aliphatic rings. The number of carbonyl (C=O) groups is 1. The smallest absolute Gasteiger partial charge is 0.338 e. The molecule has 6 nitrogen and oxygen atoms in total. The van der Waals surface area contributed by atoms with E-state index < -0.39 is 5.97 Å². The van der Waals surface area contributed by atoms with Gasteiger partial charge in [-0.15, -0.1) is 0 Å². The van der Waals surface area contributed by atoms with Crippen LogP contribution in [0.3, 0.4) is 0 Å². The summed E-state index contributed by atoms with van der Waals surface area (Å²) in [5.41, 5.74) is 1.21. The van der Waals surface area contributed by atoms with Crippen LogP contribution in [0, 0.1) is 13.8 Å². The third kappa shape index (κ3) is 3.78. The van der Waals surface area contributed by atoms with Crippen molar-refractivity contribution in [2.75, 3.05) is 0 Å². The Bertz CT molecular complexity index is 806. The van der Waals surface area contributed by atoms with Gasteiger partial charge < -0.3 is 13.9 Å². The quantitative estimate of drug-likeness (QED) is 0.664. The van der Waals surface area contributed by atoms with Crippen LogP contribution >= 0.6 is 0 Å². The van der Waals surface area contributed by atoms with Gasteiger partial charge in [0.25, 0.3) is 0 Å². The largest absolute Gasteiger partial charge is 0.456 e. The van der Waals surface area contributed by atoms with Gasteiger partial charge in [-0.1, -0.05) is 0 Å². The summed E-state index contributed by atoms with van der Waals surface area (Å²) in [6.45, 7) is 3.65. The lowest BCUT2D eigenvalue weighted by molar-refractivity contribution is 0.0437. The van der Waals surface area contributed by atoms with Crippen molar-refractivity contribution < 1.29 is 18.7 Å². The Balaban J connectivity index is 1.59. The summed E-state index contributed by atoms with van der Waals surface area (Å²) in [6.07, 6.45) is 3.28. The van der Waals surface area contributed by atoms with Crippen molar-refractivity contribution in [3.63, 3.8) is 0 Å². The number of carbonyl (C=O) groups excluding carboxylic acids is 1. The zero-order chi connectivity index (χ0) is 16.9. The van der Waals surface area contributed by atoms with E-state index in [0.717, 1.165) is 11.5 Å². The number of benzene rings is 1. The number of ether oxygens (including phenoxy) is 2. The molecule has 0 fully saturated rings. The van der Waals surface area contributed by atoms with E-state index in [-0.39, 0.29) is 6.61 Å². The zero-order valence-electron chi connectivity index (χ0n) is 13.4. The molecular formula is C18H16N2O4. The first-order chi connectivity index (χ1) is 11.6. The summed E-state index contributed by atoms with van der Waals surface area (Å²) in [5, 5.41) is 0. The first kappa shape index (κ1) is 15.7. The Morgan fingerprint density at radius 3 is 2.54 bits per heavy atom. The van der Waals surface area contributed by atoms with Crippen molar-refractivity contribution in [3.8, 4) is 11.5 Å². The fourth-order valence-electron chi connectivity index (χ4n) is 2.01. The van der Waals surface area contributed by atoms with E-state index in [4.69, 9.17) is 13.9 Å². The maximum Gasteiger partial charge on any atom is 0.338 e. The van der Waals surface area contributed by atoms with Gasteiger partial charge in [0.1, 0.15) is 17.3 Å². The Kier molecular flexibility index (Phi) is 4.56. The average Bonchev–Trinajstić information content (AvgIpc) is 2.92. The molecule has 0 unspecified atom stereocenters. The third-order valence-corrected chi connectivity index (χ3v) is 3.36. The number of esters is 1. The molecule has 0 N–H and O–H groups in total. The van der Waals surface area contributed by atoms with E-state index in [9.17, 15) is 4.79 Å². The van der Waals surface area contributed by atoms with Crippen molar-refractivity contribution in [2.24, 2.45) is 0 Å². The molecule has 0 bridgehead atoms. The molecule has 0 saturated heterocycles. The predicted octanol–water partition coefficient (Wildman–Crippen LogP) is 3.84. The summed E-state index contributed by atoms with van der Waals surface area (Å²) >= 11 is 0. The second-order valence-electron chi connectivity index (χ2n) is 5.14. The molecule has 0 spiro atoms. The van der Waals surface area contributed by atoms with E-state index in [1.54, 1.807) is 48.8 Å². The average molecular weight is 324 g/mol. The van der Waals surface area contributed by atoms with Gasteiger partial charge in [0, 0.05) is 6.20 Å². The minimum Gasteiger partial charge on any atom is -0.456 e. The fourth-order valence-corrected chi connectivity index (χ4v) is 2.01. The van der Waals surface area contributed by atoms with Crippen molar-refractivity contribution >= 4 is 5.97 Å². The molecule has 2 heterocycles. The highest BCUT2D eigenvalue weighted by atomic mass is 16.5. The minimum absolute atomic E-state index is 0.00144. The van der Waals surface area contributed by atoms with Gasteiger partial charge >= 0.3 is 5.97 Å². The molecule has 0 aliphatic carbocycles. The van der Waals surface area contributed by atoms with Crippen molar-refractivity contribution in [1.29, 1.82) is 0 Å². The summed E-state index contributed by atoms with van der Waals surface area (Å²) in [7, 11) is 0. The number of oxazole rings is 1. The van der Waals surface area contributed by atoms with Gasteiger partial charge in [0.15, 0.2) is 6.61 Å². The first-order valence-electron chi connectivity index (χ1n) is 7.40. The minimum atomic E-state index is -0.448. The van der Waals surface area contributed by atoms with Gasteiger partial charge in [-0.05, 0) is 50.2 Å². The van der Waals surface area contributed by atoms with Crippen molar-refractivity contribution in [2.45, 2.75) is 20.5 Å². The molecule has 0 aliphatic heterocycles. The maximum atomic E-state index is 12.0. The molecule has 6 heteroatoms. The van der Waals surface area contributed by atoms with Gasteiger partial charge in [0.2, 0.25) is 5.89 Å². The molecule has 0 saturated carbocycles. The third-order valence-electron chi connectivity index (χ3n) is 3.36. The number of pyridine rings is 1. The zero-order valence-corrected chi connectivity index (χ0v) is 13.4. The monoisotopic (exact) mass is 324 g/mol. The highest BCUT2D eigenvalue weighted by Crippen LogP contribution is 2.21. The van der Waals surface area contributed by atoms with E-state index in [1.165, 1.54) is 0 Å². The van der Waals surface area contributed by atoms with Crippen LogP contribution in [0.15, 0.2) is 53.2 Å². The van der Waals surface area contributed by atoms with Gasteiger partial charge in [-0.3, -0.25) is 4.98 Å². The van der Waals surface area contributed by atoms with E-state index >= 15 is 0 Å². The molecule has 2 aromatic heterocycles. The number of rotatable bonds is 5. The van der Waals surface area contributed by atoms with Gasteiger partial charge in [0.05, 0.1) is 17.5 Å². The summed E-state index contributed by atoms with van der Waals surface area (Å²) < 4.78 is 16.2. The molecule has 0 amide bonds. The van der Waals surface area contributed by atoms with Crippen LogP contribution in [-0.2, 0) is 11.3 Å². The Hall–Kier alpha value is -3.15. The molecule has 1 aromatic carbocycles.